The van der Waals surface area contributed by atoms with Gasteiger partial charge in [-0.25, -0.2) is 0 Å². The average Bonchev–Trinajstić information content (AvgIpc) is 2.54. The van der Waals surface area contributed by atoms with Gasteiger partial charge in [0.25, 0.3) is 0 Å². The number of carbonyl (C=O) groups excluding carboxylic acids is 3. The zero-order valence-electron chi connectivity index (χ0n) is 13.5. The van der Waals surface area contributed by atoms with Crippen LogP contribution in [0.1, 0.15) is 18.9 Å². The second-order valence-corrected chi connectivity index (χ2v) is 5.23. The molecular weight excluding hydrogens is 320 g/mol. The summed E-state index contributed by atoms with van der Waals surface area (Å²) in [6, 6.07) is 15.0. The number of amides is 3. The lowest BCUT2D eigenvalue weighted by atomic mass is 10.2. The van der Waals surface area contributed by atoms with Crippen LogP contribution in [0.3, 0.4) is 0 Å². The lowest BCUT2D eigenvalue weighted by Gasteiger charge is -2.08. The Morgan fingerprint density at radius 2 is 1.40 bits per heavy atom. The van der Waals surface area contributed by atoms with Gasteiger partial charge in [-0.2, -0.15) is 5.26 Å². The number of nitrogens with zero attached hydrogens (tertiary/aromatic N) is 1. The molecule has 126 valence electrons. The number of hydrogen-bond acceptors (Lipinski definition) is 4. The van der Waals surface area contributed by atoms with Gasteiger partial charge in [0.2, 0.25) is 17.7 Å². The maximum Gasteiger partial charge on any atom is 0.233 e. The van der Waals surface area contributed by atoms with Crippen molar-refractivity contribution in [1.29, 1.82) is 5.26 Å². The molecule has 25 heavy (non-hydrogen) atoms. The molecule has 2 aromatic rings. The lowest BCUT2D eigenvalue weighted by Crippen LogP contribution is -2.21. The maximum absolute atomic E-state index is 12.0. The third-order valence-electron chi connectivity index (χ3n) is 3.06. The van der Waals surface area contributed by atoms with Crippen LogP contribution in [-0.4, -0.2) is 17.7 Å². The predicted octanol–water partition coefficient (Wildman–Crippen LogP) is 2.48. The van der Waals surface area contributed by atoms with Gasteiger partial charge in [0.15, 0.2) is 0 Å². The first kappa shape index (κ1) is 17.7. The fourth-order valence-electron chi connectivity index (χ4n) is 2.10. The Morgan fingerprint density at radius 1 is 0.880 bits per heavy atom. The van der Waals surface area contributed by atoms with Crippen LogP contribution in [0.15, 0.2) is 48.5 Å². The van der Waals surface area contributed by atoms with Crippen LogP contribution in [0.4, 0.5) is 17.1 Å². The SMILES string of the molecule is CC(=O)Nc1cccc(NC(=O)CC(=O)Nc2cccc(C#N)c2)c1. The summed E-state index contributed by atoms with van der Waals surface area (Å²) in [6.45, 7) is 1.39. The van der Waals surface area contributed by atoms with Crippen molar-refractivity contribution in [3.8, 4) is 6.07 Å². The molecule has 7 heteroatoms. The smallest absolute Gasteiger partial charge is 0.233 e. The van der Waals surface area contributed by atoms with Crippen LogP contribution < -0.4 is 16.0 Å². The summed E-state index contributed by atoms with van der Waals surface area (Å²) in [5.74, 6) is -1.21. The number of anilines is 3. The molecule has 0 fully saturated rings. The molecule has 0 spiro atoms. The van der Waals surface area contributed by atoms with E-state index >= 15 is 0 Å². The summed E-state index contributed by atoms with van der Waals surface area (Å²) < 4.78 is 0. The van der Waals surface area contributed by atoms with Gasteiger partial charge in [-0.1, -0.05) is 12.1 Å². The van der Waals surface area contributed by atoms with Crippen molar-refractivity contribution < 1.29 is 14.4 Å². The lowest BCUT2D eigenvalue weighted by molar-refractivity contribution is -0.123. The summed E-state index contributed by atoms with van der Waals surface area (Å²) in [5, 5.41) is 16.6. The third kappa shape index (κ3) is 5.80. The summed E-state index contributed by atoms with van der Waals surface area (Å²) in [5.41, 5.74) is 1.88. The van der Waals surface area contributed by atoms with Gasteiger partial charge in [0.1, 0.15) is 6.42 Å². The highest BCUT2D eigenvalue weighted by molar-refractivity contribution is 6.08. The van der Waals surface area contributed by atoms with E-state index in [2.05, 4.69) is 16.0 Å². The molecule has 0 bridgehead atoms. The van der Waals surface area contributed by atoms with Crippen molar-refractivity contribution in [1.82, 2.24) is 0 Å². The zero-order chi connectivity index (χ0) is 18.2. The minimum absolute atomic E-state index is 0.220. The fourth-order valence-corrected chi connectivity index (χ4v) is 2.10. The van der Waals surface area contributed by atoms with Gasteiger partial charge in [-0.05, 0) is 36.4 Å². The second kappa shape index (κ2) is 8.26. The summed E-state index contributed by atoms with van der Waals surface area (Å²) in [4.78, 5) is 34.9. The Kier molecular flexibility index (Phi) is 5.85. The Balaban J connectivity index is 1.92. The zero-order valence-corrected chi connectivity index (χ0v) is 13.5. The molecule has 0 atom stereocenters. The van der Waals surface area contributed by atoms with E-state index in [1.54, 1.807) is 42.5 Å². The van der Waals surface area contributed by atoms with Crippen molar-refractivity contribution in [3.63, 3.8) is 0 Å². The van der Waals surface area contributed by atoms with Crippen molar-refractivity contribution >= 4 is 34.8 Å². The summed E-state index contributed by atoms with van der Waals surface area (Å²) in [6.07, 6.45) is -0.374. The number of carbonyl (C=O) groups is 3. The van der Waals surface area contributed by atoms with Gasteiger partial charge < -0.3 is 16.0 Å². The highest BCUT2D eigenvalue weighted by Crippen LogP contribution is 2.15. The van der Waals surface area contributed by atoms with E-state index in [0.717, 1.165) is 0 Å². The van der Waals surface area contributed by atoms with Crippen LogP contribution in [0.25, 0.3) is 0 Å². The largest absolute Gasteiger partial charge is 0.326 e. The van der Waals surface area contributed by atoms with E-state index in [9.17, 15) is 14.4 Å². The molecule has 2 rings (SSSR count). The molecule has 0 saturated heterocycles. The van der Waals surface area contributed by atoms with E-state index in [4.69, 9.17) is 5.26 Å². The summed E-state index contributed by atoms with van der Waals surface area (Å²) >= 11 is 0. The predicted molar refractivity (Wildman–Crippen MR) is 93.8 cm³/mol. The quantitative estimate of drug-likeness (QED) is 0.728. The van der Waals surface area contributed by atoms with Gasteiger partial charge in [-0.3, -0.25) is 14.4 Å². The number of nitrogens with one attached hydrogen (secondary N) is 3. The molecule has 0 radical (unpaired) electrons. The number of hydrogen-bond donors (Lipinski definition) is 3. The van der Waals surface area contributed by atoms with Crippen molar-refractivity contribution in [2.75, 3.05) is 16.0 Å². The van der Waals surface area contributed by atoms with Gasteiger partial charge in [0.05, 0.1) is 11.6 Å². The monoisotopic (exact) mass is 336 g/mol. The minimum atomic E-state index is -0.495. The number of nitriles is 1. The average molecular weight is 336 g/mol. The standard InChI is InChI=1S/C18H16N4O3/c1-12(23)20-15-6-3-7-16(9-15)22-18(25)10-17(24)21-14-5-2-4-13(8-14)11-19/h2-9H,10H2,1H3,(H,20,23)(H,21,24)(H,22,25). The van der Waals surface area contributed by atoms with Crippen molar-refractivity contribution in [2.24, 2.45) is 0 Å². The molecule has 0 aromatic heterocycles. The Morgan fingerprint density at radius 3 is 1.96 bits per heavy atom. The van der Waals surface area contributed by atoms with Gasteiger partial charge >= 0.3 is 0 Å². The Labute approximate surface area is 144 Å². The van der Waals surface area contributed by atoms with Gasteiger partial charge in [0, 0.05) is 24.0 Å². The van der Waals surface area contributed by atoms with Crippen molar-refractivity contribution in [3.05, 3.63) is 54.1 Å². The first-order valence-corrected chi connectivity index (χ1v) is 7.44. The molecule has 0 heterocycles. The van der Waals surface area contributed by atoms with Crippen LogP contribution in [0, 0.1) is 11.3 Å². The number of rotatable bonds is 5. The Bertz CT molecular complexity index is 855. The van der Waals surface area contributed by atoms with E-state index in [1.165, 1.54) is 13.0 Å². The highest BCUT2D eigenvalue weighted by Gasteiger charge is 2.10. The Hall–Kier alpha value is -3.66. The van der Waals surface area contributed by atoms with Crippen LogP contribution >= 0.6 is 0 Å². The number of benzene rings is 2. The molecule has 0 unspecified atom stereocenters. The van der Waals surface area contributed by atoms with Crippen LogP contribution in [0.5, 0.6) is 0 Å². The first-order valence-electron chi connectivity index (χ1n) is 7.44. The molecular formula is C18H16N4O3. The van der Waals surface area contributed by atoms with E-state index < -0.39 is 11.8 Å². The molecule has 2 aromatic carbocycles. The van der Waals surface area contributed by atoms with Crippen molar-refractivity contribution in [2.45, 2.75) is 13.3 Å². The van der Waals surface area contributed by atoms with Crippen LogP contribution in [0.2, 0.25) is 0 Å². The molecule has 7 nitrogen and oxygen atoms in total. The third-order valence-corrected chi connectivity index (χ3v) is 3.06. The second-order valence-electron chi connectivity index (χ2n) is 5.23. The first-order chi connectivity index (χ1) is 12.0. The minimum Gasteiger partial charge on any atom is -0.326 e. The van der Waals surface area contributed by atoms with E-state index in [1.807, 2.05) is 6.07 Å². The highest BCUT2D eigenvalue weighted by atomic mass is 16.2. The summed E-state index contributed by atoms with van der Waals surface area (Å²) in [7, 11) is 0. The van der Waals surface area contributed by atoms with Gasteiger partial charge in [-0.15, -0.1) is 0 Å². The fraction of sp³-hybridized carbons (Fsp3) is 0.111. The van der Waals surface area contributed by atoms with Crippen LogP contribution in [-0.2, 0) is 14.4 Å². The van der Waals surface area contributed by atoms with E-state index in [0.29, 0.717) is 22.6 Å². The molecule has 3 amide bonds. The molecule has 0 aliphatic carbocycles. The normalized spacial score (nSPS) is 9.60. The van der Waals surface area contributed by atoms with E-state index in [-0.39, 0.29) is 12.3 Å². The maximum atomic E-state index is 12.0. The molecule has 0 aliphatic heterocycles. The molecule has 0 saturated carbocycles. The molecule has 0 aliphatic rings. The molecule has 3 N–H and O–H groups in total. The topological polar surface area (TPSA) is 111 Å².